The van der Waals surface area contributed by atoms with Crippen molar-refractivity contribution in [1.82, 2.24) is 5.32 Å². The van der Waals surface area contributed by atoms with Crippen LogP contribution in [-0.2, 0) is 21.4 Å². The molecule has 23 heavy (non-hydrogen) atoms. The van der Waals surface area contributed by atoms with Crippen LogP contribution < -0.4 is 9.62 Å². The second-order valence-corrected chi connectivity index (χ2v) is 7.73. The monoisotopic (exact) mass is 349 g/mol. The molecule has 0 aliphatic heterocycles. The lowest BCUT2D eigenvalue weighted by Gasteiger charge is -2.22. The maximum atomic E-state index is 12.0. The third kappa shape index (κ3) is 4.81. The molecule has 1 aromatic carbocycles. The highest BCUT2D eigenvalue weighted by Crippen LogP contribution is 2.18. The fourth-order valence-electron chi connectivity index (χ4n) is 1.92. The van der Waals surface area contributed by atoms with Gasteiger partial charge in [0.15, 0.2) is 0 Å². The summed E-state index contributed by atoms with van der Waals surface area (Å²) in [7, 11) is -3.64. The highest BCUT2D eigenvalue weighted by Gasteiger charge is 2.21. The van der Waals surface area contributed by atoms with Crippen molar-refractivity contribution < 1.29 is 13.2 Å². The Labute approximate surface area is 139 Å². The summed E-state index contributed by atoms with van der Waals surface area (Å²) < 4.78 is 24.9. The van der Waals surface area contributed by atoms with Crippen LogP contribution in [0.5, 0.6) is 0 Å². The van der Waals surface area contributed by atoms with Crippen molar-refractivity contribution in [3.8, 4) is 6.07 Å². The van der Waals surface area contributed by atoms with Gasteiger partial charge in [-0.05, 0) is 29.6 Å². The minimum absolute atomic E-state index is 0.290. The normalized spacial score (nSPS) is 10.8. The summed E-state index contributed by atoms with van der Waals surface area (Å²) in [5.74, 6) is -0.411. The molecular weight excluding hydrogens is 334 g/mol. The summed E-state index contributed by atoms with van der Waals surface area (Å²) in [6.07, 6.45) is 1.03. The quantitative estimate of drug-likeness (QED) is 0.859. The first-order chi connectivity index (χ1) is 10.9. The maximum absolute atomic E-state index is 12.0. The summed E-state index contributed by atoms with van der Waals surface area (Å²) in [4.78, 5) is 13.0. The lowest BCUT2D eigenvalue weighted by molar-refractivity contribution is -0.119. The molecule has 0 aliphatic rings. The smallest absolute Gasteiger partial charge is 0.241 e. The van der Waals surface area contributed by atoms with E-state index in [-0.39, 0.29) is 12.2 Å². The van der Waals surface area contributed by atoms with Gasteiger partial charge in [-0.3, -0.25) is 9.10 Å². The van der Waals surface area contributed by atoms with Gasteiger partial charge < -0.3 is 5.32 Å². The number of anilines is 1. The van der Waals surface area contributed by atoms with Crippen LogP contribution in [0, 0.1) is 11.3 Å². The fraction of sp³-hybridized carbons (Fsp3) is 0.200. The molecule has 1 amide bonds. The Hall–Kier alpha value is -2.37. The number of benzene rings is 1. The van der Waals surface area contributed by atoms with Crippen LogP contribution in [-0.4, -0.2) is 27.1 Å². The number of amides is 1. The van der Waals surface area contributed by atoms with Crippen molar-refractivity contribution in [3.63, 3.8) is 0 Å². The lowest BCUT2D eigenvalue weighted by atomic mass is 10.2. The van der Waals surface area contributed by atoms with E-state index in [1.807, 2.05) is 23.6 Å². The molecule has 0 unspecified atom stereocenters. The average molecular weight is 349 g/mol. The van der Waals surface area contributed by atoms with E-state index in [0.29, 0.717) is 12.1 Å². The van der Waals surface area contributed by atoms with Crippen LogP contribution in [0.1, 0.15) is 10.4 Å². The number of nitrogens with zero attached hydrogens (tertiary/aromatic N) is 2. The van der Waals surface area contributed by atoms with E-state index in [0.717, 1.165) is 15.4 Å². The lowest BCUT2D eigenvalue weighted by Crippen LogP contribution is -2.40. The van der Waals surface area contributed by atoms with Gasteiger partial charge in [0.2, 0.25) is 15.9 Å². The Morgan fingerprint density at radius 3 is 2.74 bits per heavy atom. The molecule has 0 radical (unpaired) electrons. The molecule has 0 fully saturated rings. The molecule has 2 aromatic rings. The van der Waals surface area contributed by atoms with E-state index >= 15 is 0 Å². The minimum Gasteiger partial charge on any atom is -0.350 e. The highest BCUT2D eigenvalue weighted by atomic mass is 32.2. The molecule has 0 bridgehead atoms. The molecule has 2 rings (SSSR count). The highest BCUT2D eigenvalue weighted by molar-refractivity contribution is 7.92. The van der Waals surface area contributed by atoms with Gasteiger partial charge in [0.05, 0.1) is 30.1 Å². The summed E-state index contributed by atoms with van der Waals surface area (Å²) in [6, 6.07) is 11.8. The standard InChI is InChI=1S/C15H15N3O3S2/c1-23(20,21)18(13-5-2-4-12(8-13)9-16)11-15(19)17-10-14-6-3-7-22-14/h2-8H,10-11H2,1H3,(H,17,19). The Kier molecular flexibility index (Phi) is 5.36. The molecule has 0 aliphatic carbocycles. The molecule has 8 heteroatoms. The molecule has 1 aromatic heterocycles. The number of rotatable bonds is 6. The predicted molar refractivity (Wildman–Crippen MR) is 89.5 cm³/mol. The number of hydrogen-bond acceptors (Lipinski definition) is 5. The van der Waals surface area contributed by atoms with E-state index in [4.69, 9.17) is 5.26 Å². The van der Waals surface area contributed by atoms with Gasteiger partial charge in [-0.25, -0.2) is 8.42 Å². The molecule has 0 saturated carbocycles. The molecule has 1 heterocycles. The maximum Gasteiger partial charge on any atom is 0.241 e. The average Bonchev–Trinajstić information content (AvgIpc) is 3.03. The van der Waals surface area contributed by atoms with Crippen molar-refractivity contribution >= 4 is 33.0 Å². The van der Waals surface area contributed by atoms with Gasteiger partial charge >= 0.3 is 0 Å². The Bertz CT molecular complexity index is 824. The number of nitrogens with one attached hydrogen (secondary N) is 1. The van der Waals surface area contributed by atoms with Crippen LogP contribution in [0.15, 0.2) is 41.8 Å². The van der Waals surface area contributed by atoms with Crippen LogP contribution in [0.25, 0.3) is 0 Å². The second kappa shape index (κ2) is 7.26. The molecule has 6 nitrogen and oxygen atoms in total. The predicted octanol–water partition coefficient (Wildman–Crippen LogP) is 1.70. The zero-order valence-electron chi connectivity index (χ0n) is 12.4. The van der Waals surface area contributed by atoms with Crippen molar-refractivity contribution in [1.29, 1.82) is 5.26 Å². The van der Waals surface area contributed by atoms with Crippen LogP contribution in [0.3, 0.4) is 0 Å². The van der Waals surface area contributed by atoms with E-state index in [9.17, 15) is 13.2 Å². The number of carbonyl (C=O) groups excluding carboxylic acids is 1. The number of hydrogen-bond donors (Lipinski definition) is 1. The minimum atomic E-state index is -3.64. The van der Waals surface area contributed by atoms with Crippen molar-refractivity contribution in [2.75, 3.05) is 17.1 Å². The number of nitriles is 1. The third-order valence-corrected chi connectivity index (χ3v) is 5.01. The largest absolute Gasteiger partial charge is 0.350 e. The van der Waals surface area contributed by atoms with Crippen molar-refractivity contribution in [3.05, 3.63) is 52.2 Å². The summed E-state index contributed by atoms with van der Waals surface area (Å²) in [6.45, 7) is 0.0193. The molecular formula is C15H15N3O3S2. The van der Waals surface area contributed by atoms with Gasteiger partial charge in [-0.1, -0.05) is 12.1 Å². The number of carbonyl (C=O) groups is 1. The topological polar surface area (TPSA) is 90.3 Å². The first-order valence-electron chi connectivity index (χ1n) is 6.67. The third-order valence-electron chi connectivity index (χ3n) is 2.99. The van der Waals surface area contributed by atoms with Crippen LogP contribution >= 0.6 is 11.3 Å². The van der Waals surface area contributed by atoms with Gasteiger partial charge in [-0.2, -0.15) is 5.26 Å². The van der Waals surface area contributed by atoms with Crippen LogP contribution in [0.2, 0.25) is 0 Å². The first-order valence-corrected chi connectivity index (χ1v) is 9.40. The van der Waals surface area contributed by atoms with Gasteiger partial charge in [0, 0.05) is 4.88 Å². The van der Waals surface area contributed by atoms with Gasteiger partial charge in [-0.15, -0.1) is 11.3 Å². The zero-order valence-corrected chi connectivity index (χ0v) is 14.0. The van der Waals surface area contributed by atoms with Crippen molar-refractivity contribution in [2.45, 2.75) is 6.54 Å². The fourth-order valence-corrected chi connectivity index (χ4v) is 3.41. The Morgan fingerprint density at radius 1 is 1.35 bits per heavy atom. The zero-order chi connectivity index (χ0) is 16.9. The number of sulfonamides is 1. The summed E-state index contributed by atoms with van der Waals surface area (Å²) in [5.41, 5.74) is 0.618. The van der Waals surface area contributed by atoms with Gasteiger partial charge in [0.25, 0.3) is 0 Å². The Morgan fingerprint density at radius 2 is 2.13 bits per heavy atom. The molecule has 0 spiro atoms. The molecule has 0 atom stereocenters. The van der Waals surface area contributed by atoms with Crippen LogP contribution in [0.4, 0.5) is 5.69 Å². The van der Waals surface area contributed by atoms with Gasteiger partial charge in [0.1, 0.15) is 6.54 Å². The molecule has 0 saturated heterocycles. The van der Waals surface area contributed by atoms with E-state index in [1.165, 1.54) is 17.4 Å². The molecule has 120 valence electrons. The van der Waals surface area contributed by atoms with E-state index in [1.54, 1.807) is 18.2 Å². The first kappa shape index (κ1) is 17.0. The Balaban J connectivity index is 2.13. The molecule has 1 N–H and O–H groups in total. The van der Waals surface area contributed by atoms with Crippen molar-refractivity contribution in [2.24, 2.45) is 0 Å². The van der Waals surface area contributed by atoms with E-state index in [2.05, 4.69) is 5.32 Å². The number of thiophene rings is 1. The SMILES string of the molecule is CS(=O)(=O)N(CC(=O)NCc1cccs1)c1cccc(C#N)c1. The second-order valence-electron chi connectivity index (χ2n) is 4.79. The summed E-state index contributed by atoms with van der Waals surface area (Å²) >= 11 is 1.51. The summed E-state index contributed by atoms with van der Waals surface area (Å²) in [5, 5.41) is 13.5. The van der Waals surface area contributed by atoms with E-state index < -0.39 is 15.9 Å².